The minimum absolute atomic E-state index is 0.515. The molecule has 0 bridgehead atoms. The molecule has 0 radical (unpaired) electrons. The number of sulfonamides is 1. The molecule has 0 atom stereocenters. The van der Waals surface area contributed by atoms with Gasteiger partial charge in [-0.15, -0.1) is 0 Å². The van der Waals surface area contributed by atoms with Gasteiger partial charge < -0.3 is 4.90 Å². The van der Waals surface area contributed by atoms with Crippen LogP contribution in [0, 0.1) is 6.92 Å². The van der Waals surface area contributed by atoms with Gasteiger partial charge in [0, 0.05) is 32.4 Å². The highest BCUT2D eigenvalue weighted by Gasteiger charge is 2.24. The van der Waals surface area contributed by atoms with Gasteiger partial charge in [-0.2, -0.15) is 4.31 Å². The van der Waals surface area contributed by atoms with E-state index < -0.39 is 10.0 Å². The van der Waals surface area contributed by atoms with Crippen LogP contribution in [-0.2, 0) is 10.0 Å². The van der Waals surface area contributed by atoms with E-state index in [1.54, 1.807) is 0 Å². The fourth-order valence-electron chi connectivity index (χ4n) is 1.99. The monoisotopic (exact) mass is 333 g/mol. The number of hydrogen-bond donors (Lipinski definition) is 0. The molecule has 18 heavy (non-hydrogen) atoms. The Morgan fingerprint density at radius 2 is 1.89 bits per heavy atom. The summed E-state index contributed by atoms with van der Waals surface area (Å²) < 4.78 is 25.3. The zero-order valence-electron chi connectivity index (χ0n) is 10.4. The Bertz CT molecular complexity index is 539. The number of nitrogens with zero attached hydrogens (tertiary/aromatic N) is 3. The van der Waals surface area contributed by atoms with Crippen LogP contribution in [0.25, 0.3) is 0 Å². The molecule has 0 aromatic carbocycles. The van der Waals surface area contributed by atoms with Crippen molar-refractivity contribution in [2.75, 3.05) is 37.3 Å². The summed E-state index contributed by atoms with van der Waals surface area (Å²) in [6.45, 7) is 4.36. The van der Waals surface area contributed by atoms with Gasteiger partial charge in [0.2, 0.25) is 10.0 Å². The van der Waals surface area contributed by atoms with Crippen LogP contribution >= 0.6 is 15.9 Å². The number of aryl methyl sites for hydroxylation is 1. The molecule has 100 valence electrons. The van der Waals surface area contributed by atoms with Gasteiger partial charge in [0.1, 0.15) is 5.82 Å². The Balaban J connectivity index is 2.10. The fraction of sp³-hybridized carbons (Fsp3) is 0.545. The average molecular weight is 334 g/mol. The first-order valence-corrected chi connectivity index (χ1v) is 8.34. The van der Waals surface area contributed by atoms with Gasteiger partial charge in [0.15, 0.2) is 0 Å². The molecule has 0 spiro atoms. The number of hydrogen-bond acceptors (Lipinski definition) is 4. The largest absolute Gasteiger partial charge is 0.353 e. The molecule has 0 unspecified atom stereocenters. The smallest absolute Gasteiger partial charge is 0.211 e. The maximum absolute atomic E-state index is 11.4. The van der Waals surface area contributed by atoms with Crippen molar-refractivity contribution < 1.29 is 8.42 Å². The van der Waals surface area contributed by atoms with E-state index in [1.165, 1.54) is 10.6 Å². The molecule has 1 aromatic rings. The average Bonchev–Trinajstić information content (AvgIpc) is 2.28. The minimum atomic E-state index is -3.07. The lowest BCUT2D eigenvalue weighted by atomic mass is 10.3. The molecule has 1 saturated heterocycles. The van der Waals surface area contributed by atoms with Gasteiger partial charge in [0.05, 0.1) is 10.7 Å². The molecular weight excluding hydrogens is 318 g/mol. The summed E-state index contributed by atoms with van der Waals surface area (Å²) in [5.41, 5.74) is 1.10. The standard InChI is InChI=1S/C11H16BrN3O2S/c1-9-7-10(12)11(13-8-9)14-3-5-15(6-4-14)18(2,16)17/h7-8H,3-6H2,1-2H3. The van der Waals surface area contributed by atoms with Crippen molar-refractivity contribution >= 4 is 31.8 Å². The predicted molar refractivity (Wildman–Crippen MR) is 75.3 cm³/mol. The van der Waals surface area contributed by atoms with Gasteiger partial charge in [-0.1, -0.05) is 0 Å². The predicted octanol–water partition coefficient (Wildman–Crippen LogP) is 1.23. The molecule has 0 N–H and O–H groups in total. The molecule has 2 rings (SSSR count). The second kappa shape index (κ2) is 5.14. The lowest BCUT2D eigenvalue weighted by molar-refractivity contribution is 0.387. The van der Waals surface area contributed by atoms with Crippen molar-refractivity contribution in [1.82, 2.24) is 9.29 Å². The van der Waals surface area contributed by atoms with Crippen LogP contribution in [-0.4, -0.2) is 50.1 Å². The van der Waals surface area contributed by atoms with E-state index in [1.807, 2.05) is 19.2 Å². The van der Waals surface area contributed by atoms with E-state index in [0.717, 1.165) is 15.9 Å². The molecule has 1 aliphatic rings. The molecule has 1 aromatic heterocycles. The normalized spacial score (nSPS) is 18.1. The summed E-state index contributed by atoms with van der Waals surface area (Å²) >= 11 is 3.50. The van der Waals surface area contributed by atoms with Gasteiger partial charge >= 0.3 is 0 Å². The van der Waals surface area contributed by atoms with E-state index in [-0.39, 0.29) is 0 Å². The van der Waals surface area contributed by atoms with Crippen LogP contribution in [0.1, 0.15) is 5.56 Å². The number of piperazine rings is 1. The topological polar surface area (TPSA) is 53.5 Å². The van der Waals surface area contributed by atoms with Crippen LogP contribution in [0.2, 0.25) is 0 Å². The number of pyridine rings is 1. The fourth-order valence-corrected chi connectivity index (χ4v) is 3.53. The van der Waals surface area contributed by atoms with Crippen LogP contribution in [0.5, 0.6) is 0 Å². The van der Waals surface area contributed by atoms with Crippen molar-refractivity contribution in [1.29, 1.82) is 0 Å². The Morgan fingerprint density at radius 3 is 2.39 bits per heavy atom. The highest BCUT2D eigenvalue weighted by Crippen LogP contribution is 2.25. The quantitative estimate of drug-likeness (QED) is 0.816. The van der Waals surface area contributed by atoms with Crippen LogP contribution < -0.4 is 4.90 Å². The third-order valence-corrected chi connectivity index (χ3v) is 4.85. The first-order chi connectivity index (χ1) is 8.38. The van der Waals surface area contributed by atoms with E-state index >= 15 is 0 Å². The third-order valence-electron chi connectivity index (χ3n) is 2.97. The molecule has 7 heteroatoms. The van der Waals surface area contributed by atoms with Gasteiger partial charge in [0.25, 0.3) is 0 Å². The second-order valence-electron chi connectivity index (χ2n) is 4.47. The summed E-state index contributed by atoms with van der Waals surface area (Å²) in [5, 5.41) is 0. The van der Waals surface area contributed by atoms with E-state index in [2.05, 4.69) is 25.8 Å². The number of halogens is 1. The maximum Gasteiger partial charge on any atom is 0.211 e. The summed E-state index contributed by atoms with van der Waals surface area (Å²) in [6.07, 6.45) is 3.08. The second-order valence-corrected chi connectivity index (χ2v) is 7.30. The molecule has 2 heterocycles. The number of aromatic nitrogens is 1. The van der Waals surface area contributed by atoms with Crippen LogP contribution in [0.15, 0.2) is 16.7 Å². The summed E-state index contributed by atoms with van der Waals surface area (Å²) in [6, 6.07) is 2.02. The molecular formula is C11H16BrN3O2S. The molecule has 0 aliphatic carbocycles. The van der Waals surface area contributed by atoms with Crippen molar-refractivity contribution in [3.05, 3.63) is 22.3 Å². The van der Waals surface area contributed by atoms with Gasteiger partial charge in [-0.05, 0) is 34.5 Å². The SMILES string of the molecule is Cc1cnc(N2CCN(S(C)(=O)=O)CC2)c(Br)c1. The van der Waals surface area contributed by atoms with Gasteiger partial charge in [-0.25, -0.2) is 13.4 Å². The zero-order chi connectivity index (χ0) is 13.3. The zero-order valence-corrected chi connectivity index (χ0v) is 12.8. The van der Waals surface area contributed by atoms with Gasteiger partial charge in [-0.3, -0.25) is 0 Å². The lowest BCUT2D eigenvalue weighted by Gasteiger charge is -2.34. The van der Waals surface area contributed by atoms with Crippen LogP contribution in [0.3, 0.4) is 0 Å². The Hall–Kier alpha value is -0.660. The number of anilines is 1. The molecule has 1 fully saturated rings. The molecule has 0 saturated carbocycles. The first kappa shape index (κ1) is 13.8. The van der Waals surface area contributed by atoms with Crippen molar-refractivity contribution in [3.63, 3.8) is 0 Å². The van der Waals surface area contributed by atoms with Crippen molar-refractivity contribution in [2.45, 2.75) is 6.92 Å². The first-order valence-electron chi connectivity index (χ1n) is 5.70. The van der Waals surface area contributed by atoms with E-state index in [4.69, 9.17) is 0 Å². The van der Waals surface area contributed by atoms with E-state index in [0.29, 0.717) is 26.2 Å². The van der Waals surface area contributed by atoms with Crippen molar-refractivity contribution in [2.24, 2.45) is 0 Å². The maximum atomic E-state index is 11.4. The highest BCUT2D eigenvalue weighted by molar-refractivity contribution is 9.10. The molecule has 5 nitrogen and oxygen atoms in total. The molecule has 0 amide bonds. The highest BCUT2D eigenvalue weighted by atomic mass is 79.9. The summed E-state index contributed by atoms with van der Waals surface area (Å²) in [7, 11) is -3.07. The lowest BCUT2D eigenvalue weighted by Crippen LogP contribution is -2.48. The van der Waals surface area contributed by atoms with Crippen molar-refractivity contribution in [3.8, 4) is 0 Å². The third kappa shape index (κ3) is 3.02. The Labute approximate surface area is 116 Å². The minimum Gasteiger partial charge on any atom is -0.353 e. The summed E-state index contributed by atoms with van der Waals surface area (Å²) in [5.74, 6) is 0.883. The number of rotatable bonds is 2. The Kier molecular flexibility index (Phi) is 3.93. The molecule has 1 aliphatic heterocycles. The van der Waals surface area contributed by atoms with Crippen LogP contribution in [0.4, 0.5) is 5.82 Å². The summed E-state index contributed by atoms with van der Waals surface area (Å²) in [4.78, 5) is 6.50. The van der Waals surface area contributed by atoms with E-state index in [9.17, 15) is 8.42 Å². The Morgan fingerprint density at radius 1 is 1.28 bits per heavy atom.